The third-order valence-electron chi connectivity index (χ3n) is 2.87. The van der Waals surface area contributed by atoms with Crippen LogP contribution < -0.4 is 5.32 Å². The zero-order chi connectivity index (χ0) is 12.2. The minimum atomic E-state index is 0.365. The SMILES string of the molecule is CCC(C)(C)CNCc1ccc(Cl)c(Br)c1. The van der Waals surface area contributed by atoms with E-state index in [4.69, 9.17) is 11.6 Å². The lowest BCUT2D eigenvalue weighted by molar-refractivity contribution is 0.327. The summed E-state index contributed by atoms with van der Waals surface area (Å²) < 4.78 is 0.961. The molecule has 0 amide bonds. The number of rotatable bonds is 5. The Labute approximate surface area is 112 Å². The number of benzene rings is 1. The van der Waals surface area contributed by atoms with Crippen LogP contribution >= 0.6 is 27.5 Å². The van der Waals surface area contributed by atoms with Gasteiger partial charge in [0.2, 0.25) is 0 Å². The molecule has 1 rings (SSSR count). The molecule has 3 heteroatoms. The first-order valence-electron chi connectivity index (χ1n) is 5.59. The van der Waals surface area contributed by atoms with Crippen molar-refractivity contribution in [2.75, 3.05) is 6.54 Å². The Bertz CT molecular complexity index is 350. The molecule has 0 spiro atoms. The van der Waals surface area contributed by atoms with Crippen LogP contribution in [-0.2, 0) is 6.54 Å². The highest BCUT2D eigenvalue weighted by Gasteiger charge is 2.13. The van der Waals surface area contributed by atoms with Crippen molar-refractivity contribution in [1.82, 2.24) is 5.32 Å². The Hall–Kier alpha value is -0.0500. The summed E-state index contributed by atoms with van der Waals surface area (Å²) in [6, 6.07) is 6.04. The normalized spacial score (nSPS) is 11.8. The highest BCUT2D eigenvalue weighted by molar-refractivity contribution is 9.10. The lowest BCUT2D eigenvalue weighted by Gasteiger charge is -2.23. The van der Waals surface area contributed by atoms with Crippen molar-refractivity contribution in [2.45, 2.75) is 33.7 Å². The van der Waals surface area contributed by atoms with Gasteiger partial charge >= 0.3 is 0 Å². The van der Waals surface area contributed by atoms with Gasteiger partial charge in [-0.05, 0) is 45.5 Å². The van der Waals surface area contributed by atoms with Crippen molar-refractivity contribution in [3.05, 3.63) is 33.3 Å². The summed E-state index contributed by atoms with van der Waals surface area (Å²) in [5.74, 6) is 0. The molecule has 0 saturated heterocycles. The van der Waals surface area contributed by atoms with E-state index in [2.05, 4.69) is 54.2 Å². The Kier molecular flexibility index (Phi) is 5.29. The summed E-state index contributed by atoms with van der Waals surface area (Å²) in [6.45, 7) is 8.69. The Morgan fingerprint density at radius 2 is 2.06 bits per heavy atom. The van der Waals surface area contributed by atoms with Gasteiger partial charge < -0.3 is 5.32 Å². The molecule has 0 aliphatic carbocycles. The van der Waals surface area contributed by atoms with E-state index in [0.717, 1.165) is 22.6 Å². The quantitative estimate of drug-likeness (QED) is 0.836. The molecule has 0 radical (unpaired) electrons. The van der Waals surface area contributed by atoms with Crippen LogP contribution in [0.4, 0.5) is 0 Å². The molecule has 0 saturated carbocycles. The van der Waals surface area contributed by atoms with Crippen molar-refractivity contribution in [3.8, 4) is 0 Å². The summed E-state index contributed by atoms with van der Waals surface area (Å²) in [5, 5.41) is 4.24. The van der Waals surface area contributed by atoms with Crippen molar-refractivity contribution >= 4 is 27.5 Å². The van der Waals surface area contributed by atoms with E-state index in [0.29, 0.717) is 5.41 Å². The zero-order valence-corrected chi connectivity index (χ0v) is 12.5. The summed E-state index contributed by atoms with van der Waals surface area (Å²) in [7, 11) is 0. The topological polar surface area (TPSA) is 12.0 Å². The number of halogens is 2. The molecular formula is C13H19BrClN. The van der Waals surface area contributed by atoms with Crippen molar-refractivity contribution in [2.24, 2.45) is 5.41 Å². The van der Waals surface area contributed by atoms with Crippen LogP contribution in [0.1, 0.15) is 32.8 Å². The molecule has 16 heavy (non-hydrogen) atoms. The lowest BCUT2D eigenvalue weighted by Crippen LogP contribution is -2.28. The molecule has 1 aromatic rings. The molecule has 1 aromatic carbocycles. The lowest BCUT2D eigenvalue weighted by atomic mass is 9.90. The first-order chi connectivity index (χ1) is 7.44. The summed E-state index contributed by atoms with van der Waals surface area (Å²) in [4.78, 5) is 0. The molecule has 0 atom stereocenters. The summed E-state index contributed by atoms with van der Waals surface area (Å²) in [5.41, 5.74) is 1.62. The molecule has 0 heterocycles. The minimum absolute atomic E-state index is 0.365. The van der Waals surface area contributed by atoms with Crippen molar-refractivity contribution < 1.29 is 0 Å². The van der Waals surface area contributed by atoms with Gasteiger partial charge in [-0.1, -0.05) is 38.4 Å². The van der Waals surface area contributed by atoms with Crippen LogP contribution in [0.2, 0.25) is 5.02 Å². The Morgan fingerprint density at radius 1 is 1.38 bits per heavy atom. The predicted octanol–water partition coefficient (Wildman–Crippen LogP) is 4.63. The molecule has 1 nitrogen and oxygen atoms in total. The van der Waals surface area contributed by atoms with E-state index >= 15 is 0 Å². The monoisotopic (exact) mass is 303 g/mol. The van der Waals surface area contributed by atoms with Crippen molar-refractivity contribution in [1.29, 1.82) is 0 Å². The highest BCUT2D eigenvalue weighted by atomic mass is 79.9. The van der Waals surface area contributed by atoms with Crippen LogP contribution in [0.3, 0.4) is 0 Å². The maximum Gasteiger partial charge on any atom is 0.0548 e. The fourth-order valence-corrected chi connectivity index (χ4v) is 1.86. The molecule has 0 aliphatic heterocycles. The van der Waals surface area contributed by atoms with E-state index in [1.54, 1.807) is 0 Å². The predicted molar refractivity (Wildman–Crippen MR) is 74.9 cm³/mol. The highest BCUT2D eigenvalue weighted by Crippen LogP contribution is 2.23. The van der Waals surface area contributed by atoms with Gasteiger partial charge in [-0.2, -0.15) is 0 Å². The Morgan fingerprint density at radius 3 is 2.62 bits per heavy atom. The average molecular weight is 305 g/mol. The zero-order valence-electron chi connectivity index (χ0n) is 10.1. The molecule has 0 fully saturated rings. The second-order valence-corrected chi connectivity index (χ2v) is 6.13. The minimum Gasteiger partial charge on any atom is -0.312 e. The second kappa shape index (κ2) is 6.04. The number of hydrogen-bond donors (Lipinski definition) is 1. The third kappa shape index (κ3) is 4.44. The van der Waals surface area contributed by atoms with E-state index in [1.165, 1.54) is 12.0 Å². The van der Waals surface area contributed by atoms with Gasteiger partial charge in [0.05, 0.1) is 5.02 Å². The Balaban J connectivity index is 2.46. The molecule has 1 N–H and O–H groups in total. The average Bonchev–Trinajstić information content (AvgIpc) is 2.23. The van der Waals surface area contributed by atoms with Crippen LogP contribution in [-0.4, -0.2) is 6.54 Å². The second-order valence-electron chi connectivity index (χ2n) is 4.87. The maximum atomic E-state index is 5.94. The van der Waals surface area contributed by atoms with Gasteiger partial charge in [0.1, 0.15) is 0 Å². The van der Waals surface area contributed by atoms with Gasteiger partial charge in [0.15, 0.2) is 0 Å². The van der Waals surface area contributed by atoms with E-state index in [1.807, 2.05) is 6.07 Å². The molecule has 0 aromatic heterocycles. The van der Waals surface area contributed by atoms with Gasteiger partial charge in [-0.3, -0.25) is 0 Å². The van der Waals surface area contributed by atoms with E-state index in [9.17, 15) is 0 Å². The largest absolute Gasteiger partial charge is 0.312 e. The molecular weight excluding hydrogens is 286 g/mol. The summed E-state index contributed by atoms with van der Waals surface area (Å²) in [6.07, 6.45) is 1.18. The smallest absolute Gasteiger partial charge is 0.0548 e. The standard InChI is InChI=1S/C13H19BrClN/c1-4-13(2,3)9-16-8-10-5-6-12(15)11(14)7-10/h5-7,16H,4,8-9H2,1-3H3. The molecule has 0 bridgehead atoms. The van der Waals surface area contributed by atoms with Gasteiger partial charge in [0.25, 0.3) is 0 Å². The van der Waals surface area contributed by atoms with Gasteiger partial charge in [-0.25, -0.2) is 0 Å². The first-order valence-corrected chi connectivity index (χ1v) is 6.76. The fraction of sp³-hybridized carbons (Fsp3) is 0.538. The van der Waals surface area contributed by atoms with Crippen LogP contribution in [0.15, 0.2) is 22.7 Å². The first kappa shape index (κ1) is 14.0. The molecule has 0 unspecified atom stereocenters. The summed E-state index contributed by atoms with van der Waals surface area (Å²) >= 11 is 9.37. The van der Waals surface area contributed by atoms with Crippen LogP contribution in [0, 0.1) is 5.41 Å². The van der Waals surface area contributed by atoms with Gasteiger partial charge in [0, 0.05) is 17.6 Å². The van der Waals surface area contributed by atoms with Crippen molar-refractivity contribution in [3.63, 3.8) is 0 Å². The fourth-order valence-electron chi connectivity index (χ4n) is 1.32. The van der Waals surface area contributed by atoms with E-state index in [-0.39, 0.29) is 0 Å². The molecule has 0 aliphatic rings. The maximum absolute atomic E-state index is 5.94. The van der Waals surface area contributed by atoms with E-state index < -0.39 is 0 Å². The van der Waals surface area contributed by atoms with Gasteiger partial charge in [-0.15, -0.1) is 0 Å². The molecule has 90 valence electrons. The number of nitrogens with one attached hydrogen (secondary N) is 1. The third-order valence-corrected chi connectivity index (χ3v) is 4.09. The van der Waals surface area contributed by atoms with Crippen LogP contribution in [0.25, 0.3) is 0 Å². The number of hydrogen-bond acceptors (Lipinski definition) is 1. The van der Waals surface area contributed by atoms with Crippen LogP contribution in [0.5, 0.6) is 0 Å².